The third kappa shape index (κ3) is 3.92. The maximum atomic E-state index is 2.34. The van der Waals surface area contributed by atoms with Gasteiger partial charge in [-0.3, -0.25) is 0 Å². The van der Waals surface area contributed by atoms with Crippen molar-refractivity contribution in [2.75, 3.05) is 0 Å². The van der Waals surface area contributed by atoms with Crippen molar-refractivity contribution >= 4 is 11.8 Å². The van der Waals surface area contributed by atoms with Crippen LogP contribution >= 0.6 is 11.8 Å². The summed E-state index contributed by atoms with van der Waals surface area (Å²) in [6.45, 7) is 4.49. The molecule has 0 heterocycles. The molecule has 1 heteroatoms. The first-order chi connectivity index (χ1) is 8.75. The van der Waals surface area contributed by atoms with Crippen LogP contribution in [-0.2, 0) is 11.5 Å². The lowest BCUT2D eigenvalue weighted by atomic mass is 10.0. The summed E-state index contributed by atoms with van der Waals surface area (Å²) in [5.74, 6) is 2.80. The normalized spacial score (nSPS) is 10.8. The first-order valence-corrected chi connectivity index (χ1v) is 7.61. The monoisotopic (exact) mass is 256 g/mol. The van der Waals surface area contributed by atoms with Gasteiger partial charge in [0.25, 0.3) is 0 Å². The zero-order valence-corrected chi connectivity index (χ0v) is 11.9. The van der Waals surface area contributed by atoms with Crippen LogP contribution in [0.1, 0.15) is 36.5 Å². The summed E-state index contributed by atoms with van der Waals surface area (Å²) in [5.41, 5.74) is 4.28. The Hall–Kier alpha value is -1.21. The molecule has 0 radical (unpaired) electrons. The van der Waals surface area contributed by atoms with Crippen molar-refractivity contribution in [1.82, 2.24) is 0 Å². The fourth-order valence-corrected chi connectivity index (χ4v) is 2.85. The van der Waals surface area contributed by atoms with Gasteiger partial charge in [0.15, 0.2) is 0 Å². The van der Waals surface area contributed by atoms with Crippen LogP contribution in [-0.4, -0.2) is 0 Å². The van der Waals surface area contributed by atoms with E-state index in [1.54, 1.807) is 0 Å². The van der Waals surface area contributed by atoms with Crippen molar-refractivity contribution in [3.63, 3.8) is 0 Å². The quantitative estimate of drug-likeness (QED) is 0.704. The largest absolute Gasteiger partial charge is 0.152 e. The summed E-state index contributed by atoms with van der Waals surface area (Å²) >= 11 is 1.98. The molecule has 0 aliphatic rings. The van der Waals surface area contributed by atoms with Crippen LogP contribution in [0.2, 0.25) is 0 Å². The average molecular weight is 256 g/mol. The second kappa shape index (κ2) is 6.65. The molecule has 0 saturated heterocycles. The average Bonchev–Trinajstić information content (AvgIpc) is 2.40. The number of rotatable bonds is 5. The van der Waals surface area contributed by atoms with E-state index in [1.165, 1.54) is 16.7 Å². The molecule has 0 fully saturated rings. The van der Waals surface area contributed by atoms with Gasteiger partial charge in [-0.25, -0.2) is 0 Å². The van der Waals surface area contributed by atoms with Crippen LogP contribution < -0.4 is 0 Å². The van der Waals surface area contributed by atoms with Gasteiger partial charge in [-0.1, -0.05) is 68.4 Å². The first-order valence-electron chi connectivity index (χ1n) is 6.46. The van der Waals surface area contributed by atoms with Gasteiger partial charge in [0.1, 0.15) is 0 Å². The molecule has 0 bridgehead atoms. The van der Waals surface area contributed by atoms with E-state index in [4.69, 9.17) is 0 Å². The maximum Gasteiger partial charge on any atom is 0.0188 e. The number of hydrogen-bond donors (Lipinski definition) is 0. The maximum absolute atomic E-state index is 2.34. The van der Waals surface area contributed by atoms with Gasteiger partial charge in [0.05, 0.1) is 0 Å². The molecular formula is C17H20S. The van der Waals surface area contributed by atoms with Crippen LogP contribution in [0.15, 0.2) is 54.6 Å². The molecule has 0 unspecified atom stereocenters. The van der Waals surface area contributed by atoms with Crippen LogP contribution in [0.3, 0.4) is 0 Å². The van der Waals surface area contributed by atoms with E-state index in [0.717, 1.165) is 11.5 Å². The molecule has 0 N–H and O–H groups in total. The highest BCUT2D eigenvalue weighted by Crippen LogP contribution is 2.21. The van der Waals surface area contributed by atoms with E-state index in [0.29, 0.717) is 5.92 Å². The highest BCUT2D eigenvalue weighted by molar-refractivity contribution is 7.97. The van der Waals surface area contributed by atoms with Crippen molar-refractivity contribution in [1.29, 1.82) is 0 Å². The van der Waals surface area contributed by atoms with Gasteiger partial charge in [-0.2, -0.15) is 11.8 Å². The van der Waals surface area contributed by atoms with Gasteiger partial charge in [-0.05, 0) is 22.6 Å². The summed E-state index contributed by atoms with van der Waals surface area (Å²) < 4.78 is 0. The van der Waals surface area contributed by atoms with E-state index < -0.39 is 0 Å². The van der Waals surface area contributed by atoms with E-state index in [1.807, 2.05) is 11.8 Å². The Bertz CT molecular complexity index is 474. The van der Waals surface area contributed by atoms with Gasteiger partial charge in [0, 0.05) is 11.5 Å². The van der Waals surface area contributed by atoms with E-state index >= 15 is 0 Å². The van der Waals surface area contributed by atoms with Crippen LogP contribution in [0.25, 0.3) is 0 Å². The fraction of sp³-hybridized carbons (Fsp3) is 0.294. The zero-order valence-electron chi connectivity index (χ0n) is 11.1. The second-order valence-corrected chi connectivity index (χ2v) is 5.86. The standard InChI is InChI=1S/C17H20S/c1-14(2)17-10-6-9-16(11-17)13-18-12-15-7-4-3-5-8-15/h3-11,14H,12-13H2,1-2H3. The molecule has 0 nitrogen and oxygen atoms in total. The summed E-state index contributed by atoms with van der Waals surface area (Å²) in [4.78, 5) is 0. The van der Waals surface area contributed by atoms with Crippen LogP contribution in [0, 0.1) is 0 Å². The molecule has 0 atom stereocenters. The zero-order chi connectivity index (χ0) is 12.8. The van der Waals surface area contributed by atoms with Gasteiger partial charge in [-0.15, -0.1) is 0 Å². The van der Waals surface area contributed by atoms with Gasteiger partial charge >= 0.3 is 0 Å². The van der Waals surface area contributed by atoms with Crippen molar-refractivity contribution < 1.29 is 0 Å². The molecule has 0 saturated carbocycles. The predicted molar refractivity (Wildman–Crippen MR) is 82.0 cm³/mol. The number of thioether (sulfide) groups is 1. The van der Waals surface area contributed by atoms with Crippen LogP contribution in [0.5, 0.6) is 0 Å². The first kappa shape index (κ1) is 13.2. The smallest absolute Gasteiger partial charge is 0.0188 e. The summed E-state index contributed by atoms with van der Waals surface area (Å²) in [6.07, 6.45) is 0. The Balaban J connectivity index is 1.89. The molecule has 2 aromatic rings. The molecule has 2 rings (SSSR count). The molecule has 2 aromatic carbocycles. The Morgan fingerprint density at radius 1 is 0.833 bits per heavy atom. The minimum absolute atomic E-state index is 0.615. The second-order valence-electron chi connectivity index (χ2n) is 4.88. The summed E-state index contributed by atoms with van der Waals surface area (Å²) in [6, 6.07) is 19.6. The Morgan fingerprint density at radius 2 is 1.50 bits per heavy atom. The Kier molecular flexibility index (Phi) is 4.89. The summed E-state index contributed by atoms with van der Waals surface area (Å²) in [7, 11) is 0. The van der Waals surface area contributed by atoms with Crippen molar-refractivity contribution in [3.8, 4) is 0 Å². The third-order valence-corrected chi connectivity index (χ3v) is 4.07. The highest BCUT2D eigenvalue weighted by atomic mass is 32.2. The third-order valence-electron chi connectivity index (χ3n) is 3.00. The van der Waals surface area contributed by atoms with Gasteiger partial charge < -0.3 is 0 Å². The SMILES string of the molecule is CC(C)c1cccc(CSCc2ccccc2)c1. The lowest BCUT2D eigenvalue weighted by Gasteiger charge is -2.08. The van der Waals surface area contributed by atoms with Gasteiger partial charge in [0.2, 0.25) is 0 Å². The molecule has 0 aliphatic carbocycles. The van der Waals surface area contributed by atoms with Crippen molar-refractivity contribution in [3.05, 3.63) is 71.3 Å². The lowest BCUT2D eigenvalue weighted by molar-refractivity contribution is 0.864. The molecule has 94 valence electrons. The van der Waals surface area contributed by atoms with E-state index in [9.17, 15) is 0 Å². The molecule has 18 heavy (non-hydrogen) atoms. The molecular weight excluding hydrogens is 236 g/mol. The fourth-order valence-electron chi connectivity index (χ4n) is 1.90. The number of benzene rings is 2. The summed E-state index contributed by atoms with van der Waals surface area (Å²) in [5, 5.41) is 0. The number of hydrogen-bond acceptors (Lipinski definition) is 1. The minimum atomic E-state index is 0.615. The Labute approximate surface area is 114 Å². The minimum Gasteiger partial charge on any atom is -0.152 e. The lowest BCUT2D eigenvalue weighted by Crippen LogP contribution is -1.89. The Morgan fingerprint density at radius 3 is 2.22 bits per heavy atom. The van der Waals surface area contributed by atoms with Crippen molar-refractivity contribution in [2.24, 2.45) is 0 Å². The molecule has 0 aliphatic heterocycles. The van der Waals surface area contributed by atoms with E-state index in [-0.39, 0.29) is 0 Å². The van der Waals surface area contributed by atoms with E-state index in [2.05, 4.69) is 68.4 Å². The molecule has 0 amide bonds. The molecule has 0 aromatic heterocycles. The van der Waals surface area contributed by atoms with Crippen molar-refractivity contribution in [2.45, 2.75) is 31.3 Å². The highest BCUT2D eigenvalue weighted by Gasteiger charge is 2.00. The molecule has 0 spiro atoms. The predicted octanol–water partition coefficient (Wildman–Crippen LogP) is 5.24. The van der Waals surface area contributed by atoms with Crippen LogP contribution in [0.4, 0.5) is 0 Å². The topological polar surface area (TPSA) is 0 Å².